The van der Waals surface area contributed by atoms with Crippen LogP contribution in [0.25, 0.3) is 0 Å². The Hall–Kier alpha value is -0.0800. The summed E-state index contributed by atoms with van der Waals surface area (Å²) >= 11 is 0. The molecule has 2 N–H and O–H groups in total. The van der Waals surface area contributed by atoms with Gasteiger partial charge < -0.3 is 10.6 Å². The first-order chi connectivity index (χ1) is 7.07. The maximum absolute atomic E-state index is 5.80. The summed E-state index contributed by atoms with van der Waals surface area (Å²) in [6, 6.07) is 0. The fraction of sp³-hybridized carbons (Fsp3) is 1.00. The third kappa shape index (κ3) is 4.52. The van der Waals surface area contributed by atoms with Gasteiger partial charge in [-0.1, -0.05) is 27.2 Å². The molecule has 0 aromatic rings. The van der Waals surface area contributed by atoms with E-state index in [4.69, 9.17) is 5.73 Å². The fourth-order valence-corrected chi connectivity index (χ4v) is 2.40. The fourth-order valence-electron chi connectivity index (χ4n) is 2.40. The predicted molar refractivity (Wildman–Crippen MR) is 66.9 cm³/mol. The minimum atomic E-state index is 0.569. The molecular formula is C13H28N2. The standard InChI is InChI=1S/C13H28N2/c1-4-5-12(10-14)11-15-8-6-13(2,3)7-9-15/h12H,4-11,14H2,1-3H3. The molecule has 1 aliphatic rings. The Labute approximate surface area is 95.2 Å². The van der Waals surface area contributed by atoms with E-state index in [2.05, 4.69) is 25.7 Å². The highest BCUT2D eigenvalue weighted by atomic mass is 15.1. The number of rotatable bonds is 5. The molecule has 0 bridgehead atoms. The van der Waals surface area contributed by atoms with Gasteiger partial charge in [0.1, 0.15) is 0 Å². The highest BCUT2D eigenvalue weighted by Crippen LogP contribution is 2.30. The summed E-state index contributed by atoms with van der Waals surface area (Å²) in [7, 11) is 0. The van der Waals surface area contributed by atoms with E-state index >= 15 is 0 Å². The molecule has 0 amide bonds. The molecule has 90 valence electrons. The van der Waals surface area contributed by atoms with Gasteiger partial charge in [0.15, 0.2) is 0 Å². The first-order valence-electron chi connectivity index (χ1n) is 6.50. The van der Waals surface area contributed by atoms with Crippen molar-refractivity contribution < 1.29 is 0 Å². The van der Waals surface area contributed by atoms with Crippen molar-refractivity contribution in [3.8, 4) is 0 Å². The zero-order valence-electron chi connectivity index (χ0n) is 10.8. The number of nitrogens with two attached hydrogens (primary N) is 1. The third-order valence-corrected chi connectivity index (χ3v) is 3.76. The van der Waals surface area contributed by atoms with E-state index in [1.54, 1.807) is 0 Å². The lowest BCUT2D eigenvalue weighted by atomic mass is 9.82. The largest absolute Gasteiger partial charge is 0.330 e. The lowest BCUT2D eigenvalue weighted by Crippen LogP contribution is -2.41. The van der Waals surface area contributed by atoms with Crippen LogP contribution in [-0.2, 0) is 0 Å². The Bertz CT molecular complexity index is 167. The van der Waals surface area contributed by atoms with Crippen LogP contribution >= 0.6 is 0 Å². The Morgan fingerprint density at radius 3 is 2.33 bits per heavy atom. The Morgan fingerprint density at radius 1 is 1.27 bits per heavy atom. The highest BCUT2D eigenvalue weighted by Gasteiger charge is 2.26. The lowest BCUT2D eigenvalue weighted by Gasteiger charge is -2.38. The Kier molecular flexibility index (Phi) is 5.07. The Morgan fingerprint density at radius 2 is 1.87 bits per heavy atom. The Balaban J connectivity index is 2.28. The molecule has 1 heterocycles. The van der Waals surface area contributed by atoms with Crippen molar-refractivity contribution in [1.82, 2.24) is 4.90 Å². The summed E-state index contributed by atoms with van der Waals surface area (Å²) in [5.74, 6) is 0.719. The molecule has 2 heteroatoms. The molecule has 15 heavy (non-hydrogen) atoms. The second-order valence-electron chi connectivity index (χ2n) is 5.86. The van der Waals surface area contributed by atoms with Crippen molar-refractivity contribution in [2.75, 3.05) is 26.2 Å². The summed E-state index contributed by atoms with van der Waals surface area (Å²) in [5.41, 5.74) is 6.37. The van der Waals surface area contributed by atoms with Gasteiger partial charge in [0.2, 0.25) is 0 Å². The van der Waals surface area contributed by atoms with Gasteiger partial charge in [-0.25, -0.2) is 0 Å². The van der Waals surface area contributed by atoms with E-state index in [1.165, 1.54) is 45.3 Å². The molecule has 1 aliphatic heterocycles. The van der Waals surface area contributed by atoms with E-state index in [9.17, 15) is 0 Å². The number of nitrogens with zero attached hydrogens (tertiary/aromatic N) is 1. The topological polar surface area (TPSA) is 29.3 Å². The summed E-state index contributed by atoms with van der Waals surface area (Å²) in [6.07, 6.45) is 5.24. The monoisotopic (exact) mass is 212 g/mol. The van der Waals surface area contributed by atoms with Gasteiger partial charge in [0.25, 0.3) is 0 Å². The van der Waals surface area contributed by atoms with E-state index in [0.29, 0.717) is 5.41 Å². The van der Waals surface area contributed by atoms with Crippen LogP contribution in [0.1, 0.15) is 46.5 Å². The molecule has 0 aromatic carbocycles. The van der Waals surface area contributed by atoms with Crippen LogP contribution in [0.3, 0.4) is 0 Å². The summed E-state index contributed by atoms with van der Waals surface area (Å²) in [6.45, 7) is 11.6. The van der Waals surface area contributed by atoms with Crippen LogP contribution in [0.4, 0.5) is 0 Å². The molecule has 1 unspecified atom stereocenters. The first-order valence-corrected chi connectivity index (χ1v) is 6.50. The van der Waals surface area contributed by atoms with E-state index in [0.717, 1.165) is 12.5 Å². The zero-order chi connectivity index (χ0) is 11.3. The normalized spacial score (nSPS) is 24.0. The lowest BCUT2D eigenvalue weighted by molar-refractivity contribution is 0.116. The average molecular weight is 212 g/mol. The van der Waals surface area contributed by atoms with Gasteiger partial charge in [0, 0.05) is 6.54 Å². The van der Waals surface area contributed by atoms with Crippen molar-refractivity contribution in [3.63, 3.8) is 0 Å². The third-order valence-electron chi connectivity index (χ3n) is 3.76. The van der Waals surface area contributed by atoms with Gasteiger partial charge in [-0.05, 0) is 50.2 Å². The maximum atomic E-state index is 5.80. The molecule has 0 spiro atoms. The minimum absolute atomic E-state index is 0.569. The molecule has 0 saturated carbocycles. The molecule has 0 radical (unpaired) electrons. The van der Waals surface area contributed by atoms with E-state index < -0.39 is 0 Å². The maximum Gasteiger partial charge on any atom is 0.00217 e. The highest BCUT2D eigenvalue weighted by molar-refractivity contribution is 4.79. The average Bonchev–Trinajstić information content (AvgIpc) is 2.20. The first kappa shape index (κ1) is 13.0. The molecule has 0 aromatic heterocycles. The van der Waals surface area contributed by atoms with Crippen molar-refractivity contribution in [1.29, 1.82) is 0 Å². The van der Waals surface area contributed by atoms with Crippen LogP contribution in [0.5, 0.6) is 0 Å². The summed E-state index contributed by atoms with van der Waals surface area (Å²) < 4.78 is 0. The number of piperidine rings is 1. The molecule has 0 aliphatic carbocycles. The predicted octanol–water partition coefficient (Wildman–Crippen LogP) is 2.48. The van der Waals surface area contributed by atoms with E-state index in [1.807, 2.05) is 0 Å². The van der Waals surface area contributed by atoms with Crippen molar-refractivity contribution in [2.45, 2.75) is 46.5 Å². The van der Waals surface area contributed by atoms with Gasteiger partial charge in [-0.15, -0.1) is 0 Å². The molecule has 1 saturated heterocycles. The number of likely N-dealkylation sites (tertiary alicyclic amines) is 1. The van der Waals surface area contributed by atoms with Crippen LogP contribution in [0.2, 0.25) is 0 Å². The van der Waals surface area contributed by atoms with E-state index in [-0.39, 0.29) is 0 Å². The zero-order valence-corrected chi connectivity index (χ0v) is 10.8. The van der Waals surface area contributed by atoms with Crippen molar-refractivity contribution >= 4 is 0 Å². The quantitative estimate of drug-likeness (QED) is 0.758. The van der Waals surface area contributed by atoms with Gasteiger partial charge >= 0.3 is 0 Å². The van der Waals surface area contributed by atoms with Crippen LogP contribution in [0.15, 0.2) is 0 Å². The smallest absolute Gasteiger partial charge is 0.00217 e. The summed E-state index contributed by atoms with van der Waals surface area (Å²) in [5, 5.41) is 0. The van der Waals surface area contributed by atoms with Crippen molar-refractivity contribution in [3.05, 3.63) is 0 Å². The van der Waals surface area contributed by atoms with Crippen LogP contribution in [0, 0.1) is 11.3 Å². The number of hydrogen-bond donors (Lipinski definition) is 1. The summed E-state index contributed by atoms with van der Waals surface area (Å²) in [4.78, 5) is 2.61. The molecule has 1 rings (SSSR count). The molecule has 1 atom stereocenters. The molecular weight excluding hydrogens is 184 g/mol. The van der Waals surface area contributed by atoms with Gasteiger partial charge in [-0.3, -0.25) is 0 Å². The molecule has 2 nitrogen and oxygen atoms in total. The minimum Gasteiger partial charge on any atom is -0.330 e. The number of hydrogen-bond acceptors (Lipinski definition) is 2. The van der Waals surface area contributed by atoms with Crippen molar-refractivity contribution in [2.24, 2.45) is 17.1 Å². The van der Waals surface area contributed by atoms with Gasteiger partial charge in [-0.2, -0.15) is 0 Å². The molecule has 1 fully saturated rings. The SMILES string of the molecule is CCCC(CN)CN1CCC(C)(C)CC1. The second-order valence-corrected chi connectivity index (χ2v) is 5.86. The second kappa shape index (κ2) is 5.86. The van der Waals surface area contributed by atoms with Gasteiger partial charge in [0.05, 0.1) is 0 Å². The van der Waals surface area contributed by atoms with Crippen LogP contribution < -0.4 is 5.73 Å². The van der Waals surface area contributed by atoms with Crippen LogP contribution in [-0.4, -0.2) is 31.1 Å².